The lowest BCUT2D eigenvalue weighted by atomic mass is 10.1. The summed E-state index contributed by atoms with van der Waals surface area (Å²) in [5.74, 6) is 1.38. The number of nitrogens with two attached hydrogens (primary N) is 1. The molecule has 2 aromatic carbocycles. The fourth-order valence-electron chi connectivity index (χ4n) is 3.40. The maximum absolute atomic E-state index is 11.7. The van der Waals surface area contributed by atoms with Gasteiger partial charge in [0.15, 0.2) is 0 Å². The zero-order valence-corrected chi connectivity index (χ0v) is 15.2. The number of primary amides is 1. The molecule has 1 atom stereocenters. The van der Waals surface area contributed by atoms with Gasteiger partial charge in [-0.1, -0.05) is 18.5 Å². The number of halogens is 1. The Bertz CT molecular complexity index is 996. The third-order valence-electron chi connectivity index (χ3n) is 4.68. The van der Waals surface area contributed by atoms with Crippen molar-refractivity contribution in [2.75, 3.05) is 11.4 Å². The van der Waals surface area contributed by atoms with E-state index in [0.717, 1.165) is 28.7 Å². The molecule has 2 heterocycles. The SMILES string of the molecule is Cc1nnc2n1-c1ccc(C(N)=O)cc1N(c1ccc(Cl)cc1)C[C@H]2C. The van der Waals surface area contributed by atoms with Crippen LogP contribution in [0.5, 0.6) is 0 Å². The van der Waals surface area contributed by atoms with Gasteiger partial charge in [-0.05, 0) is 49.4 Å². The molecule has 1 aliphatic heterocycles. The van der Waals surface area contributed by atoms with Gasteiger partial charge in [0.25, 0.3) is 0 Å². The van der Waals surface area contributed by atoms with Crippen LogP contribution >= 0.6 is 11.6 Å². The molecule has 7 heteroatoms. The van der Waals surface area contributed by atoms with E-state index in [9.17, 15) is 4.79 Å². The van der Waals surface area contributed by atoms with Crippen molar-refractivity contribution in [2.45, 2.75) is 19.8 Å². The lowest BCUT2D eigenvalue weighted by Crippen LogP contribution is -2.22. The molecule has 1 aliphatic rings. The minimum atomic E-state index is -0.457. The molecule has 6 nitrogen and oxygen atoms in total. The van der Waals surface area contributed by atoms with Crippen molar-refractivity contribution in [1.29, 1.82) is 0 Å². The summed E-state index contributed by atoms with van der Waals surface area (Å²) in [6, 6.07) is 13.1. The zero-order valence-electron chi connectivity index (χ0n) is 14.5. The van der Waals surface area contributed by atoms with Gasteiger partial charge >= 0.3 is 0 Å². The monoisotopic (exact) mass is 367 g/mol. The smallest absolute Gasteiger partial charge is 0.248 e. The Labute approximate surface area is 156 Å². The second kappa shape index (κ2) is 6.14. The number of aromatic nitrogens is 3. The van der Waals surface area contributed by atoms with Gasteiger partial charge < -0.3 is 10.6 Å². The van der Waals surface area contributed by atoms with Crippen LogP contribution in [0, 0.1) is 6.92 Å². The van der Waals surface area contributed by atoms with Crippen molar-refractivity contribution in [1.82, 2.24) is 14.8 Å². The van der Waals surface area contributed by atoms with Crippen molar-refractivity contribution >= 4 is 28.9 Å². The van der Waals surface area contributed by atoms with E-state index < -0.39 is 5.91 Å². The molecule has 0 aliphatic carbocycles. The highest BCUT2D eigenvalue weighted by Gasteiger charge is 2.28. The number of nitrogens with zero attached hydrogens (tertiary/aromatic N) is 4. The van der Waals surface area contributed by atoms with Gasteiger partial charge in [-0.15, -0.1) is 10.2 Å². The molecule has 3 aromatic rings. The molecule has 2 N–H and O–H groups in total. The molecule has 0 radical (unpaired) electrons. The Hall–Kier alpha value is -2.86. The Morgan fingerprint density at radius 1 is 1.15 bits per heavy atom. The first-order valence-electron chi connectivity index (χ1n) is 8.35. The number of benzene rings is 2. The number of fused-ring (bicyclic) bond motifs is 3. The van der Waals surface area contributed by atoms with Crippen LogP contribution in [0.1, 0.15) is 34.8 Å². The first kappa shape index (κ1) is 16.6. The van der Waals surface area contributed by atoms with Crippen LogP contribution in [-0.4, -0.2) is 27.2 Å². The van der Waals surface area contributed by atoms with Gasteiger partial charge in [0.1, 0.15) is 11.6 Å². The Balaban J connectivity index is 1.98. The van der Waals surface area contributed by atoms with Crippen LogP contribution in [0.4, 0.5) is 11.4 Å². The third-order valence-corrected chi connectivity index (χ3v) is 4.93. The number of carbonyl (C=O) groups is 1. The second-order valence-corrected chi connectivity index (χ2v) is 6.93. The van der Waals surface area contributed by atoms with Crippen molar-refractivity contribution in [3.05, 3.63) is 64.7 Å². The predicted octanol–water partition coefficient (Wildman–Crippen LogP) is 3.58. The summed E-state index contributed by atoms with van der Waals surface area (Å²) in [6.45, 7) is 4.73. The third kappa shape index (κ3) is 2.63. The van der Waals surface area contributed by atoms with E-state index in [1.807, 2.05) is 47.9 Å². The van der Waals surface area contributed by atoms with E-state index in [0.29, 0.717) is 17.1 Å². The summed E-state index contributed by atoms with van der Waals surface area (Å²) in [6.07, 6.45) is 0. The van der Waals surface area contributed by atoms with Gasteiger partial charge in [-0.25, -0.2) is 0 Å². The molecule has 0 saturated carbocycles. The van der Waals surface area contributed by atoms with Gasteiger partial charge in [0.05, 0.1) is 11.4 Å². The standard InChI is InChI=1S/C19H18ClN5O/c1-11-10-24(15-6-4-14(20)5-7-15)17-9-13(18(21)26)3-8-16(17)25-12(2)22-23-19(11)25/h3-9,11H,10H2,1-2H3,(H2,21,26)/t11-/m1/s1. The quantitative estimate of drug-likeness (QED) is 0.751. The predicted molar refractivity (Wildman–Crippen MR) is 101 cm³/mol. The van der Waals surface area contributed by atoms with Crippen molar-refractivity contribution in [3.63, 3.8) is 0 Å². The summed E-state index contributed by atoms with van der Waals surface area (Å²) in [7, 11) is 0. The minimum Gasteiger partial charge on any atom is -0.366 e. The van der Waals surface area contributed by atoms with Crippen LogP contribution in [0.15, 0.2) is 42.5 Å². The van der Waals surface area contributed by atoms with Crippen LogP contribution < -0.4 is 10.6 Å². The number of hydrogen-bond acceptors (Lipinski definition) is 4. The minimum absolute atomic E-state index is 0.135. The summed E-state index contributed by atoms with van der Waals surface area (Å²) in [5.41, 5.74) is 8.77. The summed E-state index contributed by atoms with van der Waals surface area (Å²) < 4.78 is 2.04. The van der Waals surface area contributed by atoms with Crippen LogP contribution in [-0.2, 0) is 0 Å². The number of hydrogen-bond donors (Lipinski definition) is 1. The van der Waals surface area contributed by atoms with Crippen LogP contribution in [0.25, 0.3) is 5.69 Å². The maximum atomic E-state index is 11.7. The highest BCUT2D eigenvalue weighted by molar-refractivity contribution is 6.30. The van der Waals surface area contributed by atoms with Gasteiger partial charge in [0.2, 0.25) is 5.91 Å². The molecule has 4 rings (SSSR count). The number of carbonyl (C=O) groups excluding carboxylic acids is 1. The lowest BCUT2D eigenvalue weighted by Gasteiger charge is -2.27. The topological polar surface area (TPSA) is 77.0 Å². The molecule has 1 aromatic heterocycles. The Morgan fingerprint density at radius 2 is 1.88 bits per heavy atom. The van der Waals surface area contributed by atoms with Crippen LogP contribution in [0.3, 0.4) is 0 Å². The van der Waals surface area contributed by atoms with Gasteiger partial charge in [-0.2, -0.15) is 0 Å². The van der Waals surface area contributed by atoms with Gasteiger partial charge in [0, 0.05) is 28.7 Å². The van der Waals surface area contributed by atoms with Crippen LogP contribution in [0.2, 0.25) is 5.02 Å². The maximum Gasteiger partial charge on any atom is 0.248 e. The molecule has 1 amide bonds. The van der Waals surface area contributed by atoms with Crippen molar-refractivity contribution in [3.8, 4) is 5.69 Å². The van der Waals surface area contributed by atoms with E-state index in [1.165, 1.54) is 0 Å². The Kier molecular flexibility index (Phi) is 3.92. The zero-order chi connectivity index (χ0) is 18.4. The molecule has 0 bridgehead atoms. The average Bonchev–Trinajstić information content (AvgIpc) is 2.95. The van der Waals surface area contributed by atoms with Crippen molar-refractivity contribution in [2.24, 2.45) is 5.73 Å². The molecule has 26 heavy (non-hydrogen) atoms. The number of amides is 1. The molecule has 0 fully saturated rings. The van der Waals surface area contributed by atoms with E-state index in [1.54, 1.807) is 6.07 Å². The fourth-order valence-corrected chi connectivity index (χ4v) is 3.52. The van der Waals surface area contributed by atoms with E-state index in [4.69, 9.17) is 17.3 Å². The van der Waals surface area contributed by atoms with Crippen molar-refractivity contribution < 1.29 is 4.79 Å². The highest BCUT2D eigenvalue weighted by Crippen LogP contribution is 2.38. The average molecular weight is 368 g/mol. The molecule has 0 unspecified atom stereocenters. The fraction of sp³-hybridized carbons (Fsp3) is 0.211. The molecule has 0 spiro atoms. The molecule has 0 saturated heterocycles. The normalized spacial score (nSPS) is 16.0. The second-order valence-electron chi connectivity index (χ2n) is 6.50. The molecule has 132 valence electrons. The number of rotatable bonds is 2. The first-order valence-corrected chi connectivity index (χ1v) is 8.72. The number of anilines is 2. The Morgan fingerprint density at radius 3 is 2.58 bits per heavy atom. The van der Waals surface area contributed by atoms with E-state index in [-0.39, 0.29) is 5.92 Å². The van der Waals surface area contributed by atoms with Gasteiger partial charge in [-0.3, -0.25) is 9.36 Å². The summed E-state index contributed by atoms with van der Waals surface area (Å²) >= 11 is 6.05. The molecular weight excluding hydrogens is 350 g/mol. The first-order chi connectivity index (χ1) is 12.5. The van der Waals surface area contributed by atoms with E-state index >= 15 is 0 Å². The molecular formula is C19H18ClN5O. The van der Waals surface area contributed by atoms with E-state index in [2.05, 4.69) is 22.0 Å². The largest absolute Gasteiger partial charge is 0.366 e. The summed E-state index contributed by atoms with van der Waals surface area (Å²) in [4.78, 5) is 13.9. The summed E-state index contributed by atoms with van der Waals surface area (Å²) in [5, 5.41) is 9.29. The number of aryl methyl sites for hydroxylation is 1. The highest BCUT2D eigenvalue weighted by atomic mass is 35.5. The lowest BCUT2D eigenvalue weighted by molar-refractivity contribution is 0.100.